The molecule has 0 saturated carbocycles. The standard InChI is InChI=1S/C16H22N2O2/c1-12-16(19)18(10-9-14-8-5-11-20-14)15(17-12)13-6-3-2-4-7-13/h2-4,6-7,12,14-15,17H,5,8-11H2,1H3. The van der Waals surface area contributed by atoms with Gasteiger partial charge in [-0.25, -0.2) is 0 Å². The van der Waals surface area contributed by atoms with Crippen molar-refractivity contribution in [2.45, 2.75) is 44.5 Å². The molecule has 0 radical (unpaired) electrons. The zero-order valence-electron chi connectivity index (χ0n) is 11.9. The van der Waals surface area contributed by atoms with E-state index in [0.29, 0.717) is 6.10 Å². The Bertz CT molecular complexity index is 457. The Balaban J connectivity index is 1.69. The second-order valence-corrected chi connectivity index (χ2v) is 5.66. The van der Waals surface area contributed by atoms with Crippen LogP contribution in [0.15, 0.2) is 30.3 Å². The van der Waals surface area contributed by atoms with Crippen molar-refractivity contribution in [1.82, 2.24) is 10.2 Å². The molecule has 20 heavy (non-hydrogen) atoms. The van der Waals surface area contributed by atoms with E-state index in [2.05, 4.69) is 17.4 Å². The van der Waals surface area contributed by atoms with Crippen LogP contribution >= 0.6 is 0 Å². The van der Waals surface area contributed by atoms with E-state index < -0.39 is 0 Å². The lowest BCUT2D eigenvalue weighted by Crippen LogP contribution is -2.33. The van der Waals surface area contributed by atoms with Gasteiger partial charge in [0.15, 0.2) is 0 Å². The first kappa shape index (κ1) is 13.6. The molecule has 0 bridgehead atoms. The van der Waals surface area contributed by atoms with E-state index >= 15 is 0 Å². The molecule has 2 saturated heterocycles. The van der Waals surface area contributed by atoms with E-state index in [1.807, 2.05) is 30.0 Å². The molecule has 2 aliphatic rings. The highest BCUT2D eigenvalue weighted by atomic mass is 16.5. The van der Waals surface area contributed by atoms with Crippen molar-refractivity contribution < 1.29 is 9.53 Å². The highest BCUT2D eigenvalue weighted by molar-refractivity contribution is 5.84. The van der Waals surface area contributed by atoms with Crippen LogP contribution in [0.5, 0.6) is 0 Å². The lowest BCUT2D eigenvalue weighted by molar-refractivity contribution is -0.130. The normalized spacial score (nSPS) is 30.1. The number of rotatable bonds is 4. The average molecular weight is 274 g/mol. The molecule has 3 atom stereocenters. The zero-order valence-corrected chi connectivity index (χ0v) is 11.9. The predicted molar refractivity (Wildman–Crippen MR) is 77.1 cm³/mol. The number of amides is 1. The first-order valence-corrected chi connectivity index (χ1v) is 7.49. The van der Waals surface area contributed by atoms with Gasteiger partial charge < -0.3 is 9.64 Å². The molecule has 0 aromatic heterocycles. The summed E-state index contributed by atoms with van der Waals surface area (Å²) in [6.45, 7) is 3.57. The Kier molecular flexibility index (Phi) is 4.03. The van der Waals surface area contributed by atoms with Crippen molar-refractivity contribution in [3.8, 4) is 0 Å². The third kappa shape index (κ3) is 2.72. The van der Waals surface area contributed by atoms with Crippen LogP contribution in [0.2, 0.25) is 0 Å². The van der Waals surface area contributed by atoms with Gasteiger partial charge in [-0.1, -0.05) is 30.3 Å². The monoisotopic (exact) mass is 274 g/mol. The van der Waals surface area contributed by atoms with Crippen LogP contribution in [0.3, 0.4) is 0 Å². The minimum absolute atomic E-state index is 0.0000954. The molecular weight excluding hydrogens is 252 g/mol. The highest BCUT2D eigenvalue weighted by Crippen LogP contribution is 2.26. The maximum absolute atomic E-state index is 12.3. The predicted octanol–water partition coefficient (Wildman–Crippen LogP) is 2.07. The fourth-order valence-electron chi connectivity index (χ4n) is 3.08. The van der Waals surface area contributed by atoms with Crippen molar-refractivity contribution in [3.05, 3.63) is 35.9 Å². The van der Waals surface area contributed by atoms with Gasteiger partial charge in [0.2, 0.25) is 5.91 Å². The molecule has 4 heteroatoms. The van der Waals surface area contributed by atoms with Gasteiger partial charge in [0.25, 0.3) is 0 Å². The number of nitrogens with one attached hydrogen (secondary N) is 1. The van der Waals surface area contributed by atoms with Gasteiger partial charge in [-0.3, -0.25) is 10.1 Å². The molecule has 4 nitrogen and oxygen atoms in total. The third-order valence-electron chi connectivity index (χ3n) is 4.20. The van der Waals surface area contributed by atoms with Crippen LogP contribution in [-0.4, -0.2) is 36.1 Å². The van der Waals surface area contributed by atoms with E-state index in [1.54, 1.807) is 0 Å². The molecule has 1 aromatic carbocycles. The number of hydrogen-bond donors (Lipinski definition) is 1. The maximum atomic E-state index is 12.3. The number of benzene rings is 1. The van der Waals surface area contributed by atoms with Crippen molar-refractivity contribution in [2.24, 2.45) is 0 Å². The van der Waals surface area contributed by atoms with E-state index in [0.717, 1.165) is 38.0 Å². The second kappa shape index (κ2) is 5.94. The molecule has 108 valence electrons. The van der Waals surface area contributed by atoms with Crippen molar-refractivity contribution >= 4 is 5.91 Å². The molecule has 3 unspecified atom stereocenters. The SMILES string of the molecule is CC1NC(c2ccccc2)N(CCC2CCCO2)C1=O. The van der Waals surface area contributed by atoms with Crippen LogP contribution in [0.25, 0.3) is 0 Å². The van der Waals surface area contributed by atoms with Crippen molar-refractivity contribution in [3.63, 3.8) is 0 Å². The van der Waals surface area contributed by atoms with Gasteiger partial charge in [0.05, 0.1) is 12.1 Å². The smallest absolute Gasteiger partial charge is 0.241 e. The number of ether oxygens (including phenoxy) is 1. The number of hydrogen-bond acceptors (Lipinski definition) is 3. The topological polar surface area (TPSA) is 41.6 Å². The molecule has 1 amide bonds. The molecule has 1 N–H and O–H groups in total. The lowest BCUT2D eigenvalue weighted by atomic mass is 10.1. The summed E-state index contributed by atoms with van der Waals surface area (Å²) in [6.07, 6.45) is 3.54. The van der Waals surface area contributed by atoms with Gasteiger partial charge in [0, 0.05) is 13.2 Å². The fraction of sp³-hybridized carbons (Fsp3) is 0.562. The maximum Gasteiger partial charge on any atom is 0.241 e. The Hall–Kier alpha value is -1.39. The molecule has 1 aromatic rings. The van der Waals surface area contributed by atoms with E-state index in [-0.39, 0.29) is 18.1 Å². The number of carbonyl (C=O) groups excluding carboxylic acids is 1. The number of nitrogens with zero attached hydrogens (tertiary/aromatic N) is 1. The Labute approximate surface area is 120 Å². The second-order valence-electron chi connectivity index (χ2n) is 5.66. The summed E-state index contributed by atoms with van der Waals surface area (Å²) >= 11 is 0. The first-order valence-electron chi connectivity index (χ1n) is 7.49. The van der Waals surface area contributed by atoms with E-state index in [1.165, 1.54) is 0 Å². The third-order valence-corrected chi connectivity index (χ3v) is 4.20. The highest BCUT2D eigenvalue weighted by Gasteiger charge is 2.37. The molecule has 0 aliphatic carbocycles. The summed E-state index contributed by atoms with van der Waals surface area (Å²) in [7, 11) is 0. The Morgan fingerprint density at radius 3 is 2.85 bits per heavy atom. The molecule has 2 heterocycles. The molecule has 0 spiro atoms. The van der Waals surface area contributed by atoms with Crippen LogP contribution in [0.4, 0.5) is 0 Å². The van der Waals surface area contributed by atoms with E-state index in [9.17, 15) is 4.79 Å². The molecule has 3 rings (SSSR count). The lowest BCUT2D eigenvalue weighted by Gasteiger charge is -2.25. The Morgan fingerprint density at radius 1 is 1.35 bits per heavy atom. The summed E-state index contributed by atoms with van der Waals surface area (Å²) in [6, 6.07) is 10.1. The largest absolute Gasteiger partial charge is 0.378 e. The zero-order chi connectivity index (χ0) is 13.9. The van der Waals surface area contributed by atoms with Crippen LogP contribution in [-0.2, 0) is 9.53 Å². The van der Waals surface area contributed by atoms with Gasteiger partial charge in [-0.05, 0) is 31.7 Å². The minimum Gasteiger partial charge on any atom is -0.378 e. The Morgan fingerprint density at radius 2 is 2.15 bits per heavy atom. The summed E-state index contributed by atoms with van der Waals surface area (Å²) in [4.78, 5) is 14.3. The van der Waals surface area contributed by atoms with Crippen LogP contribution < -0.4 is 5.32 Å². The average Bonchev–Trinajstić information content (AvgIpc) is 3.08. The minimum atomic E-state index is -0.107. The molecule has 2 aliphatic heterocycles. The van der Waals surface area contributed by atoms with Gasteiger partial charge in [-0.15, -0.1) is 0 Å². The first-order chi connectivity index (χ1) is 9.75. The quantitative estimate of drug-likeness (QED) is 0.914. The molecule has 2 fully saturated rings. The van der Waals surface area contributed by atoms with Crippen molar-refractivity contribution in [1.29, 1.82) is 0 Å². The van der Waals surface area contributed by atoms with Gasteiger partial charge in [-0.2, -0.15) is 0 Å². The van der Waals surface area contributed by atoms with Crippen LogP contribution in [0, 0.1) is 0 Å². The van der Waals surface area contributed by atoms with Crippen LogP contribution in [0.1, 0.15) is 37.9 Å². The summed E-state index contributed by atoms with van der Waals surface area (Å²) < 4.78 is 5.66. The molecular formula is C16H22N2O2. The summed E-state index contributed by atoms with van der Waals surface area (Å²) in [5, 5.41) is 3.38. The van der Waals surface area contributed by atoms with E-state index in [4.69, 9.17) is 4.74 Å². The number of carbonyl (C=O) groups is 1. The fourth-order valence-corrected chi connectivity index (χ4v) is 3.08. The van der Waals surface area contributed by atoms with Gasteiger partial charge in [0.1, 0.15) is 6.17 Å². The van der Waals surface area contributed by atoms with Crippen molar-refractivity contribution in [2.75, 3.05) is 13.2 Å². The summed E-state index contributed by atoms with van der Waals surface area (Å²) in [5.41, 5.74) is 1.15. The van der Waals surface area contributed by atoms with Gasteiger partial charge >= 0.3 is 0 Å². The summed E-state index contributed by atoms with van der Waals surface area (Å²) in [5.74, 6) is 0.192.